The Morgan fingerprint density at radius 1 is 1.39 bits per heavy atom. The van der Waals surface area contributed by atoms with Gasteiger partial charge in [0.25, 0.3) is 0 Å². The van der Waals surface area contributed by atoms with Gasteiger partial charge in [-0.1, -0.05) is 12.6 Å². The van der Waals surface area contributed by atoms with Crippen molar-refractivity contribution in [2.45, 2.75) is 26.0 Å². The fourth-order valence-electron chi connectivity index (χ4n) is 3.71. The summed E-state index contributed by atoms with van der Waals surface area (Å²) < 4.78 is 23.8. The maximum Gasteiger partial charge on any atom is 0.351 e. The predicted molar refractivity (Wildman–Crippen MR) is 117 cm³/mol. The summed E-state index contributed by atoms with van der Waals surface area (Å²) in [6.07, 6.45) is 3.92. The Balaban J connectivity index is 1.51. The molecule has 164 valence electrons. The molecule has 0 amide bonds. The van der Waals surface area contributed by atoms with Crippen LogP contribution < -0.4 is 15.7 Å². The Labute approximate surface area is 181 Å². The summed E-state index contributed by atoms with van der Waals surface area (Å²) in [6, 6.07) is 7.95. The van der Waals surface area contributed by atoms with Gasteiger partial charge < -0.3 is 24.3 Å². The smallest absolute Gasteiger partial charge is 0.351 e. The predicted octanol–water partition coefficient (Wildman–Crippen LogP) is 2.74. The number of allylic oxidation sites excluding steroid dienone is 1. The molecule has 1 fully saturated rings. The first-order chi connectivity index (χ1) is 15.2. The number of nitrogens with one attached hydrogen (secondary N) is 1. The van der Waals surface area contributed by atoms with Crippen molar-refractivity contribution in [3.8, 4) is 17.1 Å². The fourth-order valence-corrected chi connectivity index (χ4v) is 3.71. The van der Waals surface area contributed by atoms with E-state index in [4.69, 9.17) is 18.9 Å². The van der Waals surface area contributed by atoms with Gasteiger partial charge in [-0.2, -0.15) is 4.98 Å². The van der Waals surface area contributed by atoms with E-state index in [9.17, 15) is 4.79 Å². The molecule has 0 spiro atoms. The summed E-state index contributed by atoms with van der Waals surface area (Å²) in [5.41, 5.74) is 3.67. The summed E-state index contributed by atoms with van der Waals surface area (Å²) in [7, 11) is 0. The minimum Gasteiger partial charge on any atom is -0.475 e. The van der Waals surface area contributed by atoms with E-state index >= 15 is 0 Å². The van der Waals surface area contributed by atoms with Crippen LogP contribution in [0.5, 0.6) is 5.88 Å². The third-order valence-electron chi connectivity index (χ3n) is 5.30. The van der Waals surface area contributed by atoms with Crippen LogP contribution in [0.15, 0.2) is 53.7 Å². The van der Waals surface area contributed by atoms with Crippen LogP contribution in [0.2, 0.25) is 0 Å². The van der Waals surface area contributed by atoms with Crippen LogP contribution in [0, 0.1) is 0 Å². The normalized spacial score (nSPS) is 18.0. The number of fused-ring (bicyclic) bond motifs is 3. The third kappa shape index (κ3) is 4.98. The van der Waals surface area contributed by atoms with E-state index in [-0.39, 0.29) is 11.8 Å². The van der Waals surface area contributed by atoms with E-state index in [1.807, 2.05) is 31.2 Å². The van der Waals surface area contributed by atoms with Crippen LogP contribution in [0.1, 0.15) is 12.5 Å². The van der Waals surface area contributed by atoms with Gasteiger partial charge in [0.05, 0.1) is 38.3 Å². The highest BCUT2D eigenvalue weighted by molar-refractivity contribution is 5.69. The number of hydrogen-bond acceptors (Lipinski definition) is 7. The number of benzene rings is 1. The molecule has 0 bridgehead atoms. The zero-order chi connectivity index (χ0) is 21.6. The molecule has 8 nitrogen and oxygen atoms in total. The van der Waals surface area contributed by atoms with Crippen molar-refractivity contribution in [1.82, 2.24) is 9.55 Å². The highest BCUT2D eigenvalue weighted by Gasteiger charge is 2.21. The Morgan fingerprint density at radius 2 is 2.29 bits per heavy atom. The molecule has 8 heteroatoms. The molecular formula is C23H27N3O5. The number of rotatable bonds is 8. The van der Waals surface area contributed by atoms with Crippen molar-refractivity contribution in [1.29, 1.82) is 0 Å². The van der Waals surface area contributed by atoms with Crippen LogP contribution in [-0.2, 0) is 27.2 Å². The van der Waals surface area contributed by atoms with Crippen LogP contribution >= 0.6 is 0 Å². The maximum absolute atomic E-state index is 12.6. The topological polar surface area (TPSA) is 83.8 Å². The van der Waals surface area contributed by atoms with E-state index in [0.717, 1.165) is 34.7 Å². The molecule has 0 radical (unpaired) electrons. The summed E-state index contributed by atoms with van der Waals surface area (Å²) in [5, 5.41) is 3.36. The van der Waals surface area contributed by atoms with E-state index < -0.39 is 0 Å². The highest BCUT2D eigenvalue weighted by atomic mass is 16.6. The molecule has 2 aromatic rings. The number of anilines is 1. The Kier molecular flexibility index (Phi) is 6.69. The summed E-state index contributed by atoms with van der Waals surface area (Å²) >= 11 is 0. The van der Waals surface area contributed by atoms with Gasteiger partial charge in [-0.05, 0) is 37.1 Å². The first kappa shape index (κ1) is 21.1. The molecule has 0 saturated carbocycles. The lowest BCUT2D eigenvalue weighted by Crippen LogP contribution is -2.34. The van der Waals surface area contributed by atoms with Crippen molar-refractivity contribution < 1.29 is 18.9 Å². The Hall–Kier alpha value is -3.10. The van der Waals surface area contributed by atoms with Gasteiger partial charge in [0.2, 0.25) is 5.88 Å². The van der Waals surface area contributed by atoms with Crippen LogP contribution in [0.25, 0.3) is 11.3 Å². The van der Waals surface area contributed by atoms with Gasteiger partial charge in [0.15, 0.2) is 0 Å². The summed E-state index contributed by atoms with van der Waals surface area (Å²) in [5.74, 6) is 1.10. The zero-order valence-corrected chi connectivity index (χ0v) is 17.6. The minimum atomic E-state index is -0.305. The number of hydrogen-bond donors (Lipinski definition) is 1. The van der Waals surface area contributed by atoms with Crippen LogP contribution in [0.3, 0.4) is 0 Å². The van der Waals surface area contributed by atoms with Crippen molar-refractivity contribution in [2.24, 2.45) is 0 Å². The SMILES string of the molecule is C=CO/C(=C\C)CNc1ccc2c(c1)CCn1c-2cc(OCC2COCCO2)nc1=O. The average molecular weight is 425 g/mol. The molecule has 0 aliphatic carbocycles. The number of aryl methyl sites for hydroxylation is 1. The molecule has 1 aromatic carbocycles. The van der Waals surface area contributed by atoms with Crippen molar-refractivity contribution >= 4 is 5.69 Å². The minimum absolute atomic E-state index is 0.151. The number of ether oxygens (including phenoxy) is 4. The third-order valence-corrected chi connectivity index (χ3v) is 5.30. The van der Waals surface area contributed by atoms with Gasteiger partial charge in [0.1, 0.15) is 18.5 Å². The van der Waals surface area contributed by atoms with Crippen LogP contribution in [-0.4, -0.2) is 48.6 Å². The molecule has 1 aromatic heterocycles. The standard InChI is InChI=1S/C23H27N3O5/c1-3-18(29-4-2)13-24-17-5-6-20-16(11-17)7-8-26-21(20)12-22(25-23(26)27)31-15-19-14-28-9-10-30-19/h3-6,11-12,19,24H,2,7-10,13-15H2,1H3/b18-3-. The first-order valence-corrected chi connectivity index (χ1v) is 10.4. The average Bonchev–Trinajstić information content (AvgIpc) is 2.80. The maximum atomic E-state index is 12.6. The molecule has 1 N–H and O–H groups in total. The van der Waals surface area contributed by atoms with Crippen molar-refractivity contribution in [2.75, 3.05) is 38.3 Å². The number of nitrogens with zero attached hydrogens (tertiary/aromatic N) is 2. The second-order valence-corrected chi connectivity index (χ2v) is 7.31. The zero-order valence-electron chi connectivity index (χ0n) is 17.6. The van der Waals surface area contributed by atoms with Crippen molar-refractivity contribution in [3.05, 3.63) is 65.0 Å². The van der Waals surface area contributed by atoms with Gasteiger partial charge in [0, 0.05) is 23.9 Å². The largest absolute Gasteiger partial charge is 0.475 e. The lowest BCUT2D eigenvalue weighted by atomic mass is 9.97. The summed E-state index contributed by atoms with van der Waals surface area (Å²) in [6.45, 7) is 8.58. The van der Waals surface area contributed by atoms with E-state index in [1.54, 1.807) is 4.57 Å². The van der Waals surface area contributed by atoms with E-state index in [0.29, 0.717) is 45.4 Å². The molecule has 4 rings (SSSR count). The first-order valence-electron chi connectivity index (χ1n) is 10.4. The monoisotopic (exact) mass is 425 g/mol. The van der Waals surface area contributed by atoms with Crippen LogP contribution in [0.4, 0.5) is 5.69 Å². The molecule has 2 aliphatic rings. The van der Waals surface area contributed by atoms with Crippen molar-refractivity contribution in [3.63, 3.8) is 0 Å². The van der Waals surface area contributed by atoms with E-state index in [1.165, 1.54) is 6.26 Å². The second-order valence-electron chi connectivity index (χ2n) is 7.31. The molecule has 3 heterocycles. The fraction of sp³-hybridized carbons (Fsp3) is 0.391. The van der Waals surface area contributed by atoms with Gasteiger partial charge in [-0.15, -0.1) is 0 Å². The quantitative estimate of drug-likeness (QED) is 0.651. The number of aromatic nitrogens is 2. The molecule has 1 atom stereocenters. The lowest BCUT2D eigenvalue weighted by molar-refractivity contribution is -0.102. The van der Waals surface area contributed by atoms with E-state index in [2.05, 4.69) is 22.9 Å². The highest BCUT2D eigenvalue weighted by Crippen LogP contribution is 2.31. The molecule has 1 saturated heterocycles. The molecule has 1 unspecified atom stereocenters. The van der Waals surface area contributed by atoms with Gasteiger partial charge in [-0.3, -0.25) is 4.57 Å². The van der Waals surface area contributed by atoms with Gasteiger partial charge >= 0.3 is 5.69 Å². The lowest BCUT2D eigenvalue weighted by Gasteiger charge is -2.24. The molecular weight excluding hydrogens is 398 g/mol. The molecule has 31 heavy (non-hydrogen) atoms. The Morgan fingerprint density at radius 3 is 3.06 bits per heavy atom. The summed E-state index contributed by atoms with van der Waals surface area (Å²) in [4.78, 5) is 16.6. The Bertz CT molecular complexity index is 1020. The molecule has 2 aliphatic heterocycles. The second kappa shape index (κ2) is 9.80. The van der Waals surface area contributed by atoms with Gasteiger partial charge in [-0.25, -0.2) is 4.79 Å².